The maximum absolute atomic E-state index is 11.5. The molecule has 0 atom stereocenters. The van der Waals surface area contributed by atoms with Crippen molar-refractivity contribution in [2.75, 3.05) is 18.5 Å². The van der Waals surface area contributed by atoms with Crippen LogP contribution in [0.1, 0.15) is 19.8 Å². The Balaban J connectivity index is 2.51. The minimum atomic E-state index is -1.28. The molecule has 1 aromatic rings. The minimum Gasteiger partial charge on any atom is -0.492 e. The lowest BCUT2D eigenvalue weighted by molar-refractivity contribution is 0.168. The predicted octanol–water partition coefficient (Wildman–Crippen LogP) is 4.90. The van der Waals surface area contributed by atoms with E-state index < -0.39 is 14.2 Å². The van der Waals surface area contributed by atoms with Crippen molar-refractivity contribution in [2.24, 2.45) is 0 Å². The molecule has 126 valence electrons. The zero-order chi connectivity index (χ0) is 17.3. The molecule has 0 aliphatic heterocycles. The van der Waals surface area contributed by atoms with Crippen LogP contribution in [0.4, 0.5) is 10.5 Å². The SMILES string of the molecule is CCOC(=O)Nc1cccc(OCCCC#C[Si](C)(C)C)c1I. The molecule has 4 nitrogen and oxygen atoms in total. The van der Waals surface area contributed by atoms with Gasteiger partial charge in [-0.3, -0.25) is 5.32 Å². The van der Waals surface area contributed by atoms with Crippen molar-refractivity contribution in [1.29, 1.82) is 0 Å². The molecule has 0 radical (unpaired) electrons. The summed E-state index contributed by atoms with van der Waals surface area (Å²) in [5.41, 5.74) is 4.04. The largest absolute Gasteiger partial charge is 0.492 e. The summed E-state index contributed by atoms with van der Waals surface area (Å²) in [5, 5.41) is 2.71. The second-order valence-corrected chi connectivity index (χ2v) is 11.8. The van der Waals surface area contributed by atoms with E-state index in [-0.39, 0.29) is 0 Å². The van der Waals surface area contributed by atoms with Crippen molar-refractivity contribution in [2.45, 2.75) is 39.4 Å². The first-order valence-electron chi connectivity index (χ1n) is 7.68. The normalized spacial score (nSPS) is 10.5. The zero-order valence-corrected chi connectivity index (χ0v) is 17.3. The van der Waals surface area contributed by atoms with Gasteiger partial charge in [0.15, 0.2) is 0 Å². The van der Waals surface area contributed by atoms with Crippen LogP contribution in [0.2, 0.25) is 19.6 Å². The summed E-state index contributed by atoms with van der Waals surface area (Å²) in [5.74, 6) is 4.00. The topological polar surface area (TPSA) is 47.6 Å². The number of carbonyl (C=O) groups is 1. The van der Waals surface area contributed by atoms with Crippen molar-refractivity contribution in [3.05, 3.63) is 21.8 Å². The number of benzene rings is 1. The summed E-state index contributed by atoms with van der Waals surface area (Å²) in [6.07, 6.45) is 1.29. The second kappa shape index (κ2) is 9.83. The third kappa shape index (κ3) is 8.28. The van der Waals surface area contributed by atoms with E-state index in [1.54, 1.807) is 6.92 Å². The quantitative estimate of drug-likeness (QED) is 0.293. The fraction of sp³-hybridized carbons (Fsp3) is 0.471. The van der Waals surface area contributed by atoms with E-state index in [4.69, 9.17) is 9.47 Å². The van der Waals surface area contributed by atoms with Gasteiger partial charge in [-0.2, -0.15) is 0 Å². The number of amides is 1. The van der Waals surface area contributed by atoms with Crippen molar-refractivity contribution >= 4 is 42.4 Å². The van der Waals surface area contributed by atoms with Crippen LogP contribution < -0.4 is 10.1 Å². The molecule has 1 N–H and O–H groups in total. The van der Waals surface area contributed by atoms with Gasteiger partial charge in [-0.05, 0) is 48.1 Å². The molecule has 1 aromatic carbocycles. The number of rotatable bonds is 6. The molecule has 0 aliphatic carbocycles. The highest BCUT2D eigenvalue weighted by atomic mass is 127. The molecule has 23 heavy (non-hydrogen) atoms. The summed E-state index contributed by atoms with van der Waals surface area (Å²) in [4.78, 5) is 11.5. The highest BCUT2D eigenvalue weighted by Gasteiger charge is 2.10. The molecule has 0 aromatic heterocycles. The van der Waals surface area contributed by atoms with Crippen molar-refractivity contribution < 1.29 is 14.3 Å². The van der Waals surface area contributed by atoms with Crippen LogP contribution in [0.25, 0.3) is 0 Å². The van der Waals surface area contributed by atoms with Gasteiger partial charge in [-0.25, -0.2) is 4.79 Å². The maximum Gasteiger partial charge on any atom is 0.411 e. The third-order valence-electron chi connectivity index (χ3n) is 2.64. The van der Waals surface area contributed by atoms with E-state index in [0.29, 0.717) is 18.9 Å². The molecule has 0 bridgehead atoms. The van der Waals surface area contributed by atoms with Gasteiger partial charge in [0.1, 0.15) is 13.8 Å². The lowest BCUT2D eigenvalue weighted by Crippen LogP contribution is -2.16. The number of unbranched alkanes of at least 4 members (excludes halogenated alkanes) is 1. The Bertz CT molecular complexity index is 588. The number of ether oxygens (including phenoxy) is 2. The van der Waals surface area contributed by atoms with Crippen molar-refractivity contribution in [3.8, 4) is 17.2 Å². The Morgan fingerprint density at radius 2 is 2.09 bits per heavy atom. The number of anilines is 1. The fourth-order valence-corrected chi connectivity index (χ4v) is 2.97. The molecule has 0 heterocycles. The van der Waals surface area contributed by atoms with Crippen LogP contribution >= 0.6 is 22.6 Å². The van der Waals surface area contributed by atoms with Crippen molar-refractivity contribution in [3.63, 3.8) is 0 Å². The minimum absolute atomic E-state index is 0.344. The van der Waals surface area contributed by atoms with E-state index in [0.717, 1.165) is 22.2 Å². The second-order valence-electron chi connectivity index (χ2n) is 5.97. The molecular weight excluding hydrogens is 421 g/mol. The Morgan fingerprint density at radius 1 is 1.35 bits per heavy atom. The van der Waals surface area contributed by atoms with Crippen LogP contribution in [0.3, 0.4) is 0 Å². The first-order chi connectivity index (χ1) is 10.8. The summed E-state index contributed by atoms with van der Waals surface area (Å²) >= 11 is 2.16. The van der Waals surface area contributed by atoms with Gasteiger partial charge in [0.05, 0.1) is 22.5 Å². The number of hydrogen-bond donors (Lipinski definition) is 1. The first kappa shape index (κ1) is 19.8. The molecule has 0 aliphatic rings. The van der Waals surface area contributed by atoms with Crippen LogP contribution in [-0.2, 0) is 4.74 Å². The molecule has 1 rings (SSSR count). The zero-order valence-electron chi connectivity index (χ0n) is 14.2. The Labute approximate surface area is 153 Å². The molecule has 0 unspecified atom stereocenters. The van der Waals surface area contributed by atoms with E-state index >= 15 is 0 Å². The third-order valence-corrected chi connectivity index (χ3v) is 4.68. The molecule has 0 fully saturated rings. The summed E-state index contributed by atoms with van der Waals surface area (Å²) in [6, 6.07) is 5.57. The highest BCUT2D eigenvalue weighted by Crippen LogP contribution is 2.28. The van der Waals surface area contributed by atoms with Gasteiger partial charge in [-0.15, -0.1) is 11.5 Å². The monoisotopic (exact) mass is 445 g/mol. The summed E-state index contributed by atoms with van der Waals surface area (Å²) in [7, 11) is -1.28. The van der Waals surface area contributed by atoms with Gasteiger partial charge in [0, 0.05) is 6.42 Å². The number of hydrogen-bond acceptors (Lipinski definition) is 3. The van der Waals surface area contributed by atoms with E-state index in [2.05, 4.69) is 59.0 Å². The lowest BCUT2D eigenvalue weighted by atomic mass is 10.3. The molecule has 6 heteroatoms. The average molecular weight is 445 g/mol. The number of nitrogens with one attached hydrogen (secondary N) is 1. The van der Waals surface area contributed by atoms with E-state index in [9.17, 15) is 4.79 Å². The molecular formula is C17H24INO3Si. The van der Waals surface area contributed by atoms with Gasteiger partial charge in [-0.1, -0.05) is 25.7 Å². The Morgan fingerprint density at radius 3 is 2.74 bits per heavy atom. The van der Waals surface area contributed by atoms with Crippen LogP contribution in [0.15, 0.2) is 18.2 Å². The smallest absolute Gasteiger partial charge is 0.411 e. The number of halogens is 1. The van der Waals surface area contributed by atoms with Crippen LogP contribution in [-0.4, -0.2) is 27.4 Å². The standard InChI is InChI=1S/C17H24INO3Si/c1-5-21-17(20)19-14-10-9-11-15(16(14)18)22-12-7-6-8-13-23(2,3)4/h9-11H,5-7,12H2,1-4H3,(H,19,20). The first-order valence-corrected chi connectivity index (χ1v) is 12.3. The lowest BCUT2D eigenvalue weighted by Gasteiger charge is -2.12. The van der Waals surface area contributed by atoms with Crippen molar-refractivity contribution in [1.82, 2.24) is 0 Å². The van der Waals surface area contributed by atoms with Gasteiger partial charge in [0.25, 0.3) is 0 Å². The van der Waals surface area contributed by atoms with E-state index in [1.165, 1.54) is 0 Å². The fourth-order valence-electron chi connectivity index (χ4n) is 1.67. The maximum atomic E-state index is 11.5. The molecule has 0 saturated heterocycles. The van der Waals surface area contributed by atoms with Gasteiger partial charge < -0.3 is 9.47 Å². The van der Waals surface area contributed by atoms with Crippen LogP contribution in [0, 0.1) is 15.0 Å². The summed E-state index contributed by atoms with van der Waals surface area (Å²) in [6.45, 7) is 9.44. The predicted molar refractivity (Wildman–Crippen MR) is 106 cm³/mol. The Kier molecular flexibility index (Phi) is 8.48. The Hall–Kier alpha value is -1.20. The van der Waals surface area contributed by atoms with E-state index in [1.807, 2.05) is 18.2 Å². The molecule has 1 amide bonds. The highest BCUT2D eigenvalue weighted by molar-refractivity contribution is 14.1. The molecule has 0 spiro atoms. The number of carbonyl (C=O) groups excluding carboxylic acids is 1. The van der Waals surface area contributed by atoms with Gasteiger partial charge >= 0.3 is 6.09 Å². The average Bonchev–Trinajstić information content (AvgIpc) is 2.45. The molecule has 0 saturated carbocycles. The van der Waals surface area contributed by atoms with Crippen LogP contribution in [0.5, 0.6) is 5.75 Å². The summed E-state index contributed by atoms with van der Waals surface area (Å²) < 4.78 is 11.5. The van der Waals surface area contributed by atoms with Gasteiger partial charge in [0.2, 0.25) is 0 Å².